The van der Waals surface area contributed by atoms with Gasteiger partial charge in [-0.15, -0.1) is 0 Å². The first kappa shape index (κ1) is 15.6. The van der Waals surface area contributed by atoms with Crippen LogP contribution in [0.1, 0.15) is 47.4 Å². The van der Waals surface area contributed by atoms with E-state index < -0.39 is 0 Å². The predicted octanol–water partition coefficient (Wildman–Crippen LogP) is 3.17. The van der Waals surface area contributed by atoms with Crippen LogP contribution in [-0.2, 0) is 5.41 Å². The topological polar surface area (TPSA) is 54.9 Å². The second-order valence-electron chi connectivity index (χ2n) is 6.22. The summed E-state index contributed by atoms with van der Waals surface area (Å²) in [6.07, 6.45) is 7.32. The molecule has 2 aromatic rings. The highest BCUT2D eigenvalue weighted by atomic mass is 19.1. The summed E-state index contributed by atoms with van der Waals surface area (Å²) >= 11 is 0. The summed E-state index contributed by atoms with van der Waals surface area (Å²) in [4.78, 5) is 20.5. The number of carbonyl (C=O) groups excluding carboxylic acids is 1. The fraction of sp³-hybridized carbons (Fsp3) is 0.389. The van der Waals surface area contributed by atoms with E-state index in [2.05, 4.69) is 15.3 Å². The Morgan fingerprint density at radius 3 is 2.48 bits per heavy atom. The Bertz CT molecular complexity index is 676. The third-order valence-electron chi connectivity index (χ3n) is 4.62. The Kier molecular flexibility index (Phi) is 4.37. The van der Waals surface area contributed by atoms with Crippen molar-refractivity contribution in [1.82, 2.24) is 15.3 Å². The average molecular weight is 313 g/mol. The van der Waals surface area contributed by atoms with Crippen LogP contribution in [0.4, 0.5) is 4.39 Å². The summed E-state index contributed by atoms with van der Waals surface area (Å²) in [5, 5.41) is 2.98. The maximum absolute atomic E-state index is 13.2. The Hall–Kier alpha value is -2.30. The molecule has 1 aliphatic rings. The molecule has 0 atom stereocenters. The predicted molar refractivity (Wildman–Crippen MR) is 85.6 cm³/mol. The van der Waals surface area contributed by atoms with Crippen LogP contribution in [0.25, 0.3) is 0 Å². The molecular weight excluding hydrogens is 293 g/mol. The molecule has 1 saturated carbocycles. The summed E-state index contributed by atoms with van der Waals surface area (Å²) in [6, 6.07) is 6.64. The molecule has 23 heavy (non-hydrogen) atoms. The van der Waals surface area contributed by atoms with Crippen LogP contribution in [0.3, 0.4) is 0 Å². The molecule has 0 unspecified atom stereocenters. The van der Waals surface area contributed by atoms with Gasteiger partial charge in [0.2, 0.25) is 0 Å². The zero-order valence-electron chi connectivity index (χ0n) is 13.2. The van der Waals surface area contributed by atoms with Gasteiger partial charge < -0.3 is 5.32 Å². The lowest BCUT2D eigenvalue weighted by atomic mass is 9.79. The normalized spacial score (nSPS) is 16.3. The summed E-state index contributed by atoms with van der Waals surface area (Å²) in [5.41, 5.74) is 2.08. The minimum Gasteiger partial charge on any atom is -0.350 e. The quantitative estimate of drug-likeness (QED) is 0.943. The largest absolute Gasteiger partial charge is 0.350 e. The molecule has 1 heterocycles. The lowest BCUT2D eigenvalue weighted by Crippen LogP contribution is -2.39. The smallest absolute Gasteiger partial charge is 0.271 e. The molecule has 5 heteroatoms. The summed E-state index contributed by atoms with van der Waals surface area (Å²) < 4.78 is 13.2. The lowest BCUT2D eigenvalue weighted by Gasteiger charge is -2.30. The molecule has 1 N–H and O–H groups in total. The van der Waals surface area contributed by atoms with Crippen molar-refractivity contribution >= 4 is 5.91 Å². The van der Waals surface area contributed by atoms with E-state index in [-0.39, 0.29) is 17.1 Å². The van der Waals surface area contributed by atoms with Gasteiger partial charge in [-0.1, -0.05) is 25.0 Å². The number of aryl methyl sites for hydroxylation is 1. The highest BCUT2D eigenvalue weighted by Gasteiger charge is 2.36. The first-order valence-corrected chi connectivity index (χ1v) is 7.92. The zero-order chi connectivity index (χ0) is 16.3. The maximum Gasteiger partial charge on any atom is 0.271 e. The summed E-state index contributed by atoms with van der Waals surface area (Å²) in [5.74, 6) is -0.452. The molecule has 1 aromatic heterocycles. The molecule has 1 fully saturated rings. The van der Waals surface area contributed by atoms with Crippen molar-refractivity contribution < 1.29 is 9.18 Å². The summed E-state index contributed by atoms with van der Waals surface area (Å²) in [7, 11) is 0. The Morgan fingerprint density at radius 1 is 1.17 bits per heavy atom. The van der Waals surface area contributed by atoms with Crippen LogP contribution in [-0.4, -0.2) is 22.4 Å². The molecule has 4 nitrogen and oxygen atoms in total. The molecular formula is C18H20FN3O. The highest BCUT2D eigenvalue weighted by Crippen LogP contribution is 2.40. The number of amides is 1. The Labute approximate surface area is 135 Å². The molecule has 1 amide bonds. The number of aromatic nitrogens is 2. The monoisotopic (exact) mass is 313 g/mol. The van der Waals surface area contributed by atoms with Crippen LogP contribution in [0.15, 0.2) is 36.7 Å². The number of hydrogen-bond donors (Lipinski definition) is 1. The van der Waals surface area contributed by atoms with Gasteiger partial charge in [0.15, 0.2) is 0 Å². The van der Waals surface area contributed by atoms with E-state index in [0.717, 1.165) is 36.9 Å². The van der Waals surface area contributed by atoms with Crippen LogP contribution in [0.5, 0.6) is 0 Å². The second-order valence-corrected chi connectivity index (χ2v) is 6.22. The number of rotatable bonds is 4. The molecule has 3 rings (SSSR count). The number of nitrogens with one attached hydrogen (secondary N) is 1. The van der Waals surface area contributed by atoms with Crippen molar-refractivity contribution in [3.05, 3.63) is 59.4 Å². The molecule has 0 bridgehead atoms. The van der Waals surface area contributed by atoms with Crippen molar-refractivity contribution in [2.24, 2.45) is 0 Å². The third kappa shape index (κ3) is 3.38. The number of nitrogens with zero attached hydrogens (tertiary/aromatic N) is 2. The van der Waals surface area contributed by atoms with Gasteiger partial charge in [0.1, 0.15) is 11.5 Å². The molecule has 0 spiro atoms. The van der Waals surface area contributed by atoms with E-state index >= 15 is 0 Å². The number of carbonyl (C=O) groups is 1. The fourth-order valence-corrected chi connectivity index (χ4v) is 3.27. The molecule has 120 valence electrons. The minimum atomic E-state index is -0.235. The minimum absolute atomic E-state index is 0.110. The average Bonchev–Trinajstić information content (AvgIpc) is 3.04. The summed E-state index contributed by atoms with van der Waals surface area (Å²) in [6.45, 7) is 2.36. The fourth-order valence-electron chi connectivity index (χ4n) is 3.27. The van der Waals surface area contributed by atoms with Gasteiger partial charge in [-0.05, 0) is 37.5 Å². The van der Waals surface area contributed by atoms with Crippen LogP contribution in [0.2, 0.25) is 0 Å². The third-order valence-corrected chi connectivity index (χ3v) is 4.62. The molecule has 0 radical (unpaired) electrons. The molecule has 1 aromatic carbocycles. The van der Waals surface area contributed by atoms with E-state index in [1.165, 1.54) is 18.3 Å². The van der Waals surface area contributed by atoms with Crippen LogP contribution >= 0.6 is 0 Å². The standard InChI is InChI=1S/C18H20FN3O/c1-13-10-21-16(11-20-13)17(23)22-12-18(8-2-3-9-18)14-4-6-15(19)7-5-14/h4-7,10-11H,2-3,8-9,12H2,1H3,(H,22,23). The van der Waals surface area contributed by atoms with Gasteiger partial charge in [-0.2, -0.15) is 0 Å². The molecule has 0 saturated heterocycles. The van der Waals surface area contributed by atoms with Gasteiger partial charge in [0.25, 0.3) is 5.91 Å². The molecule has 0 aliphatic heterocycles. The number of benzene rings is 1. The van der Waals surface area contributed by atoms with Crippen molar-refractivity contribution in [1.29, 1.82) is 0 Å². The first-order chi connectivity index (χ1) is 11.1. The zero-order valence-corrected chi connectivity index (χ0v) is 13.2. The van der Waals surface area contributed by atoms with E-state index in [9.17, 15) is 9.18 Å². The molecule has 1 aliphatic carbocycles. The van der Waals surface area contributed by atoms with Gasteiger partial charge in [-0.3, -0.25) is 9.78 Å². The second kappa shape index (κ2) is 6.44. The Morgan fingerprint density at radius 2 is 1.87 bits per heavy atom. The van der Waals surface area contributed by atoms with E-state index in [1.807, 2.05) is 19.1 Å². The van der Waals surface area contributed by atoms with Gasteiger partial charge in [0, 0.05) is 18.2 Å². The lowest BCUT2D eigenvalue weighted by molar-refractivity contribution is 0.0937. The first-order valence-electron chi connectivity index (χ1n) is 7.92. The highest BCUT2D eigenvalue weighted by molar-refractivity contribution is 5.91. The van der Waals surface area contributed by atoms with Crippen LogP contribution in [0, 0.1) is 12.7 Å². The van der Waals surface area contributed by atoms with E-state index in [0.29, 0.717) is 12.2 Å². The number of halogens is 1. The van der Waals surface area contributed by atoms with Gasteiger partial charge in [0.05, 0.1) is 11.9 Å². The number of hydrogen-bond acceptors (Lipinski definition) is 3. The van der Waals surface area contributed by atoms with Crippen molar-refractivity contribution in [2.45, 2.75) is 38.0 Å². The van der Waals surface area contributed by atoms with Gasteiger partial charge in [-0.25, -0.2) is 9.37 Å². The van der Waals surface area contributed by atoms with E-state index in [4.69, 9.17) is 0 Å². The van der Waals surface area contributed by atoms with Gasteiger partial charge >= 0.3 is 0 Å². The van der Waals surface area contributed by atoms with Crippen molar-refractivity contribution in [2.75, 3.05) is 6.54 Å². The maximum atomic E-state index is 13.2. The van der Waals surface area contributed by atoms with Crippen molar-refractivity contribution in [3.8, 4) is 0 Å². The SMILES string of the molecule is Cc1cnc(C(=O)NCC2(c3ccc(F)cc3)CCCC2)cn1. The Balaban J connectivity index is 1.74. The van der Waals surface area contributed by atoms with Crippen LogP contribution < -0.4 is 5.32 Å². The van der Waals surface area contributed by atoms with E-state index in [1.54, 1.807) is 6.20 Å². The van der Waals surface area contributed by atoms with Crippen molar-refractivity contribution in [3.63, 3.8) is 0 Å².